The van der Waals surface area contributed by atoms with E-state index in [4.69, 9.17) is 4.74 Å². The van der Waals surface area contributed by atoms with Gasteiger partial charge in [-0.25, -0.2) is 8.42 Å². The molecule has 0 aromatic heterocycles. The molecule has 0 radical (unpaired) electrons. The second kappa shape index (κ2) is 6.98. The predicted octanol–water partition coefficient (Wildman–Crippen LogP) is 0.840. The zero-order valence-electron chi connectivity index (χ0n) is 13.1. The third-order valence-electron chi connectivity index (χ3n) is 4.36. The average molecular weight is 338 g/mol. The monoisotopic (exact) mass is 338 g/mol. The van der Waals surface area contributed by atoms with Crippen LogP contribution in [0.15, 0.2) is 30.3 Å². The minimum atomic E-state index is -3.49. The molecular weight excluding hydrogens is 316 g/mol. The van der Waals surface area contributed by atoms with Gasteiger partial charge in [0, 0.05) is 19.6 Å². The molecule has 0 saturated carbocycles. The Labute approximate surface area is 137 Å². The van der Waals surface area contributed by atoms with Crippen LogP contribution in [0.4, 0.5) is 0 Å². The molecular formula is C16H22N2O4S. The minimum Gasteiger partial charge on any atom is -0.378 e. The van der Waals surface area contributed by atoms with E-state index in [1.807, 2.05) is 18.2 Å². The first-order valence-corrected chi connectivity index (χ1v) is 9.59. The number of carbonyl (C=O) groups excluding carboxylic acids is 1. The summed E-state index contributed by atoms with van der Waals surface area (Å²) in [6.45, 7) is 2.56. The van der Waals surface area contributed by atoms with Crippen LogP contribution in [0.1, 0.15) is 18.4 Å². The Kier molecular flexibility index (Phi) is 4.99. The van der Waals surface area contributed by atoms with Gasteiger partial charge < -0.3 is 9.64 Å². The van der Waals surface area contributed by atoms with Gasteiger partial charge in [-0.15, -0.1) is 0 Å². The highest BCUT2D eigenvalue weighted by Gasteiger charge is 2.40. The highest BCUT2D eigenvalue weighted by molar-refractivity contribution is 7.88. The molecule has 1 aromatic rings. The van der Waals surface area contributed by atoms with E-state index in [1.165, 1.54) is 4.31 Å². The maximum absolute atomic E-state index is 12.7. The number of carbonyl (C=O) groups is 1. The van der Waals surface area contributed by atoms with E-state index in [2.05, 4.69) is 0 Å². The number of nitrogens with zero attached hydrogens (tertiary/aromatic N) is 2. The molecule has 2 aliphatic rings. The van der Waals surface area contributed by atoms with Crippen LogP contribution in [-0.4, -0.2) is 62.4 Å². The molecule has 1 aromatic carbocycles. The third kappa shape index (κ3) is 3.73. The Bertz CT molecular complexity index is 641. The molecule has 2 saturated heterocycles. The number of ether oxygens (including phenoxy) is 1. The van der Waals surface area contributed by atoms with Crippen LogP contribution in [-0.2, 0) is 25.3 Å². The van der Waals surface area contributed by atoms with Gasteiger partial charge in [-0.05, 0) is 18.4 Å². The van der Waals surface area contributed by atoms with Crippen LogP contribution in [0.25, 0.3) is 0 Å². The standard InChI is InChI=1S/C16H22N2O4S/c19-16(17-9-11-22-12-10-17)15-7-4-8-18(15)23(20,21)13-14-5-2-1-3-6-14/h1-3,5-6,15H,4,7-13H2/t15-/m0/s1. The first kappa shape index (κ1) is 16.4. The van der Waals surface area contributed by atoms with E-state index < -0.39 is 16.1 Å². The topological polar surface area (TPSA) is 66.9 Å². The summed E-state index contributed by atoms with van der Waals surface area (Å²) in [6, 6.07) is 8.55. The van der Waals surface area contributed by atoms with E-state index in [0.29, 0.717) is 39.3 Å². The van der Waals surface area contributed by atoms with Gasteiger partial charge in [0.1, 0.15) is 6.04 Å². The van der Waals surface area contributed by atoms with Crippen molar-refractivity contribution in [2.75, 3.05) is 32.8 Å². The average Bonchev–Trinajstić information content (AvgIpc) is 3.06. The van der Waals surface area contributed by atoms with E-state index >= 15 is 0 Å². The molecule has 0 unspecified atom stereocenters. The van der Waals surface area contributed by atoms with Gasteiger partial charge in [0.25, 0.3) is 0 Å². The quantitative estimate of drug-likeness (QED) is 0.816. The van der Waals surface area contributed by atoms with Crippen LogP contribution < -0.4 is 0 Å². The Hall–Kier alpha value is -1.44. The maximum Gasteiger partial charge on any atom is 0.241 e. The molecule has 6 nitrogen and oxygen atoms in total. The second-order valence-corrected chi connectivity index (χ2v) is 7.87. The zero-order valence-corrected chi connectivity index (χ0v) is 13.9. The third-order valence-corrected chi connectivity index (χ3v) is 6.21. The minimum absolute atomic E-state index is 0.0548. The van der Waals surface area contributed by atoms with Crippen LogP contribution in [0.3, 0.4) is 0 Å². The summed E-state index contributed by atoms with van der Waals surface area (Å²) in [6.07, 6.45) is 1.33. The summed E-state index contributed by atoms with van der Waals surface area (Å²) in [4.78, 5) is 14.4. The number of morpholine rings is 1. The fraction of sp³-hybridized carbons (Fsp3) is 0.562. The van der Waals surface area contributed by atoms with Gasteiger partial charge in [-0.3, -0.25) is 4.79 Å². The van der Waals surface area contributed by atoms with Crippen molar-refractivity contribution < 1.29 is 17.9 Å². The fourth-order valence-corrected chi connectivity index (χ4v) is 4.95. The highest BCUT2D eigenvalue weighted by atomic mass is 32.2. The molecule has 23 heavy (non-hydrogen) atoms. The van der Waals surface area contributed by atoms with Gasteiger partial charge in [-0.2, -0.15) is 4.31 Å². The van der Waals surface area contributed by atoms with Crippen molar-refractivity contribution >= 4 is 15.9 Å². The van der Waals surface area contributed by atoms with Crippen molar-refractivity contribution in [3.63, 3.8) is 0 Å². The summed E-state index contributed by atoms with van der Waals surface area (Å²) in [5.74, 6) is -0.136. The van der Waals surface area contributed by atoms with Gasteiger partial charge in [0.05, 0.1) is 19.0 Å². The van der Waals surface area contributed by atoms with Crippen molar-refractivity contribution in [2.45, 2.75) is 24.6 Å². The molecule has 2 fully saturated rings. The lowest BCUT2D eigenvalue weighted by Gasteiger charge is -2.32. The SMILES string of the molecule is O=C([C@@H]1CCCN1S(=O)(=O)Cc1ccccc1)N1CCOCC1. The molecule has 2 aliphatic heterocycles. The second-order valence-electron chi connectivity index (χ2n) is 5.95. The molecule has 0 bridgehead atoms. The van der Waals surface area contributed by atoms with Crippen molar-refractivity contribution in [1.29, 1.82) is 0 Å². The first-order valence-electron chi connectivity index (χ1n) is 7.98. The zero-order chi connectivity index (χ0) is 16.3. The Morgan fingerprint density at radius 2 is 1.83 bits per heavy atom. The number of hydrogen-bond acceptors (Lipinski definition) is 4. The number of rotatable bonds is 4. The molecule has 7 heteroatoms. The largest absolute Gasteiger partial charge is 0.378 e. The Morgan fingerprint density at radius 3 is 2.52 bits per heavy atom. The van der Waals surface area contributed by atoms with Crippen LogP contribution in [0.2, 0.25) is 0 Å². The lowest BCUT2D eigenvalue weighted by Crippen LogP contribution is -2.51. The molecule has 0 spiro atoms. The van der Waals surface area contributed by atoms with Crippen molar-refractivity contribution in [1.82, 2.24) is 9.21 Å². The molecule has 2 heterocycles. The number of hydrogen-bond donors (Lipinski definition) is 0. The van der Waals surface area contributed by atoms with Crippen LogP contribution in [0, 0.1) is 0 Å². The van der Waals surface area contributed by atoms with E-state index in [0.717, 1.165) is 12.0 Å². The summed E-state index contributed by atoms with van der Waals surface area (Å²) in [5.41, 5.74) is 0.747. The molecule has 3 rings (SSSR count). The summed E-state index contributed by atoms with van der Waals surface area (Å²) in [7, 11) is -3.49. The van der Waals surface area contributed by atoms with Gasteiger partial charge in [0.2, 0.25) is 15.9 Å². The number of benzene rings is 1. The van der Waals surface area contributed by atoms with Gasteiger partial charge in [-0.1, -0.05) is 30.3 Å². The Balaban J connectivity index is 1.73. The molecule has 0 aliphatic carbocycles. The van der Waals surface area contributed by atoms with E-state index in [-0.39, 0.29) is 11.7 Å². The van der Waals surface area contributed by atoms with Crippen LogP contribution in [0.5, 0.6) is 0 Å². The van der Waals surface area contributed by atoms with Crippen molar-refractivity contribution in [3.05, 3.63) is 35.9 Å². The fourth-order valence-electron chi connectivity index (χ4n) is 3.18. The van der Waals surface area contributed by atoms with Crippen molar-refractivity contribution in [2.24, 2.45) is 0 Å². The predicted molar refractivity (Wildman–Crippen MR) is 86.2 cm³/mol. The smallest absolute Gasteiger partial charge is 0.241 e. The van der Waals surface area contributed by atoms with Gasteiger partial charge >= 0.3 is 0 Å². The molecule has 126 valence electrons. The lowest BCUT2D eigenvalue weighted by molar-refractivity contribution is -0.138. The summed E-state index contributed by atoms with van der Waals surface area (Å²) < 4.78 is 32.1. The van der Waals surface area contributed by atoms with Gasteiger partial charge in [0.15, 0.2) is 0 Å². The number of sulfonamides is 1. The molecule has 1 amide bonds. The van der Waals surface area contributed by atoms with E-state index in [9.17, 15) is 13.2 Å². The lowest BCUT2D eigenvalue weighted by atomic mass is 10.2. The molecule has 1 atom stereocenters. The van der Waals surface area contributed by atoms with E-state index in [1.54, 1.807) is 17.0 Å². The number of amides is 1. The highest BCUT2D eigenvalue weighted by Crippen LogP contribution is 2.25. The Morgan fingerprint density at radius 1 is 1.13 bits per heavy atom. The first-order chi connectivity index (χ1) is 11.1. The normalized spacial score (nSPS) is 23.1. The summed E-state index contributed by atoms with van der Waals surface area (Å²) in [5, 5.41) is 0. The van der Waals surface area contributed by atoms with Crippen LogP contribution >= 0.6 is 0 Å². The maximum atomic E-state index is 12.7. The molecule has 0 N–H and O–H groups in total. The van der Waals surface area contributed by atoms with Crippen molar-refractivity contribution in [3.8, 4) is 0 Å². The summed E-state index contributed by atoms with van der Waals surface area (Å²) >= 11 is 0.